The summed E-state index contributed by atoms with van der Waals surface area (Å²) in [6.07, 6.45) is -2.88. The van der Waals surface area contributed by atoms with Gasteiger partial charge in [0, 0.05) is 17.1 Å². The summed E-state index contributed by atoms with van der Waals surface area (Å²) in [4.78, 5) is 2.87. The Morgan fingerprint density at radius 3 is 2.48 bits per heavy atom. The zero-order valence-electron chi connectivity index (χ0n) is 10.7. The minimum atomic E-state index is -4.39. The van der Waals surface area contributed by atoms with Gasteiger partial charge in [-0.2, -0.15) is 13.2 Å². The van der Waals surface area contributed by atoms with E-state index < -0.39 is 11.7 Å². The summed E-state index contributed by atoms with van der Waals surface area (Å²) in [6, 6.07) is 10.3. The predicted octanol–water partition coefficient (Wildman–Crippen LogP) is 4.56. The Morgan fingerprint density at radius 2 is 1.76 bits per heavy atom. The monoisotopic (exact) mass is 292 g/mol. The van der Waals surface area contributed by atoms with Gasteiger partial charge < -0.3 is 15.5 Å². The summed E-state index contributed by atoms with van der Waals surface area (Å²) in [7, 11) is 0. The molecule has 21 heavy (non-hydrogen) atoms. The summed E-state index contributed by atoms with van der Waals surface area (Å²) in [6.45, 7) is 0. The fourth-order valence-corrected chi connectivity index (χ4v) is 2.05. The Hall–Kier alpha value is -2.63. The number of halogens is 3. The lowest BCUT2D eigenvalue weighted by Gasteiger charge is -2.09. The molecule has 0 radical (unpaired) electrons. The van der Waals surface area contributed by atoms with E-state index in [0.717, 1.165) is 12.1 Å². The Balaban J connectivity index is 2.05. The molecule has 0 fully saturated rings. The van der Waals surface area contributed by atoms with E-state index in [1.54, 1.807) is 24.3 Å². The van der Waals surface area contributed by atoms with Crippen molar-refractivity contribution in [1.82, 2.24) is 4.98 Å². The summed E-state index contributed by atoms with van der Waals surface area (Å²) in [5.74, 6) is 0.699. The van der Waals surface area contributed by atoms with Gasteiger partial charge in [0.2, 0.25) is 0 Å². The minimum absolute atomic E-state index is 0.300. The molecule has 0 bridgehead atoms. The number of hydrogen-bond acceptors (Lipinski definition) is 2. The average Bonchev–Trinajstić information content (AvgIpc) is 2.83. The van der Waals surface area contributed by atoms with E-state index in [9.17, 15) is 13.2 Å². The molecule has 0 aliphatic heterocycles. The van der Waals surface area contributed by atoms with Gasteiger partial charge in [0.05, 0.1) is 11.3 Å². The first-order chi connectivity index (χ1) is 9.95. The van der Waals surface area contributed by atoms with Crippen molar-refractivity contribution in [3.63, 3.8) is 0 Å². The van der Waals surface area contributed by atoms with Gasteiger partial charge in [-0.3, -0.25) is 0 Å². The number of fused-ring (bicyclic) bond motifs is 1. The van der Waals surface area contributed by atoms with Gasteiger partial charge in [-0.05, 0) is 30.3 Å². The van der Waals surface area contributed by atoms with Gasteiger partial charge in [-0.15, -0.1) is 0 Å². The lowest BCUT2D eigenvalue weighted by Crippen LogP contribution is -2.04. The van der Waals surface area contributed by atoms with Crippen molar-refractivity contribution in [2.24, 2.45) is 0 Å². The van der Waals surface area contributed by atoms with Gasteiger partial charge in [-0.1, -0.05) is 12.1 Å². The van der Waals surface area contributed by atoms with Crippen molar-refractivity contribution in [1.29, 1.82) is 0 Å². The number of H-pyrrole nitrogens is 1. The second-order valence-electron chi connectivity index (χ2n) is 4.55. The SMILES string of the molecule is Nc1ccccc1Oc1c[nH]c2ccc(C(F)(F)F)cc12. The molecule has 0 unspecified atom stereocenters. The highest BCUT2D eigenvalue weighted by Crippen LogP contribution is 2.36. The third kappa shape index (κ3) is 2.52. The van der Waals surface area contributed by atoms with Crippen molar-refractivity contribution in [3.05, 3.63) is 54.2 Å². The van der Waals surface area contributed by atoms with Crippen LogP contribution in [0.3, 0.4) is 0 Å². The highest BCUT2D eigenvalue weighted by molar-refractivity contribution is 5.87. The van der Waals surface area contributed by atoms with Crippen LogP contribution in [0, 0.1) is 0 Å². The van der Waals surface area contributed by atoms with Crippen molar-refractivity contribution in [2.75, 3.05) is 5.73 Å². The van der Waals surface area contributed by atoms with E-state index in [2.05, 4.69) is 4.98 Å². The van der Waals surface area contributed by atoms with Crippen LogP contribution in [0.1, 0.15) is 5.56 Å². The molecule has 0 amide bonds. The standard InChI is InChI=1S/C15H11F3N2O/c16-15(17,18)9-5-6-12-10(7-9)14(8-20-12)21-13-4-2-1-3-11(13)19/h1-8,20H,19H2. The normalized spacial score (nSPS) is 11.8. The molecule has 0 saturated heterocycles. The lowest BCUT2D eigenvalue weighted by molar-refractivity contribution is -0.137. The Labute approximate surface area is 118 Å². The molecule has 1 heterocycles. The number of alkyl halides is 3. The minimum Gasteiger partial charge on any atom is -0.453 e. The molecule has 0 atom stereocenters. The number of aromatic nitrogens is 1. The number of nitrogens with two attached hydrogens (primary N) is 1. The first-order valence-corrected chi connectivity index (χ1v) is 6.16. The highest BCUT2D eigenvalue weighted by atomic mass is 19.4. The summed E-state index contributed by atoms with van der Waals surface area (Å²) in [5.41, 5.74) is 6.02. The van der Waals surface area contributed by atoms with Crippen LogP contribution in [0.5, 0.6) is 11.5 Å². The highest BCUT2D eigenvalue weighted by Gasteiger charge is 2.30. The number of aromatic amines is 1. The molecule has 6 heteroatoms. The van der Waals surface area contributed by atoms with E-state index in [1.807, 2.05) is 0 Å². The maximum Gasteiger partial charge on any atom is 0.416 e. The maximum atomic E-state index is 12.8. The molecule has 0 aliphatic carbocycles. The molecule has 3 aromatic rings. The molecule has 3 nitrogen and oxygen atoms in total. The molecular formula is C15H11F3N2O. The number of para-hydroxylation sites is 2. The van der Waals surface area contributed by atoms with Gasteiger partial charge in [0.25, 0.3) is 0 Å². The van der Waals surface area contributed by atoms with Crippen molar-refractivity contribution in [3.8, 4) is 11.5 Å². The fraction of sp³-hybridized carbons (Fsp3) is 0.0667. The number of ether oxygens (including phenoxy) is 1. The van der Waals surface area contributed by atoms with Crippen LogP contribution < -0.4 is 10.5 Å². The van der Waals surface area contributed by atoms with E-state index in [4.69, 9.17) is 10.5 Å². The van der Waals surface area contributed by atoms with Crippen LogP contribution in [0.15, 0.2) is 48.7 Å². The number of benzene rings is 2. The van der Waals surface area contributed by atoms with Crippen LogP contribution in [0.2, 0.25) is 0 Å². The topological polar surface area (TPSA) is 51.0 Å². The van der Waals surface area contributed by atoms with E-state index in [-0.39, 0.29) is 0 Å². The van der Waals surface area contributed by atoms with Gasteiger partial charge >= 0.3 is 6.18 Å². The molecule has 3 N–H and O–H groups in total. The summed E-state index contributed by atoms with van der Waals surface area (Å²) < 4.78 is 43.9. The summed E-state index contributed by atoms with van der Waals surface area (Å²) >= 11 is 0. The molecule has 0 aliphatic rings. The third-order valence-electron chi connectivity index (χ3n) is 3.11. The predicted molar refractivity (Wildman–Crippen MR) is 74.2 cm³/mol. The Kier molecular flexibility index (Phi) is 3.01. The van der Waals surface area contributed by atoms with Crippen LogP contribution in [-0.2, 0) is 6.18 Å². The zero-order chi connectivity index (χ0) is 15.0. The maximum absolute atomic E-state index is 12.8. The molecule has 0 saturated carbocycles. The smallest absolute Gasteiger partial charge is 0.416 e. The molecule has 1 aromatic heterocycles. The largest absolute Gasteiger partial charge is 0.453 e. The molecule has 3 rings (SSSR count). The second kappa shape index (κ2) is 4.73. The van der Waals surface area contributed by atoms with Crippen LogP contribution in [0.4, 0.5) is 18.9 Å². The Morgan fingerprint density at radius 1 is 1.00 bits per heavy atom. The van der Waals surface area contributed by atoms with Crippen LogP contribution in [0.25, 0.3) is 10.9 Å². The number of hydrogen-bond donors (Lipinski definition) is 2. The second-order valence-corrected chi connectivity index (χ2v) is 4.55. The van der Waals surface area contributed by atoms with E-state index in [0.29, 0.717) is 28.1 Å². The van der Waals surface area contributed by atoms with Gasteiger partial charge in [0.1, 0.15) is 5.75 Å². The number of rotatable bonds is 2. The fourth-order valence-electron chi connectivity index (χ4n) is 2.05. The van der Waals surface area contributed by atoms with Crippen LogP contribution >= 0.6 is 0 Å². The number of nitrogens with one attached hydrogen (secondary N) is 1. The first kappa shape index (κ1) is 13.4. The third-order valence-corrected chi connectivity index (χ3v) is 3.11. The average molecular weight is 292 g/mol. The van der Waals surface area contributed by atoms with Crippen LogP contribution in [-0.4, -0.2) is 4.98 Å². The quantitative estimate of drug-likeness (QED) is 0.680. The zero-order valence-corrected chi connectivity index (χ0v) is 10.7. The van der Waals surface area contributed by atoms with Crippen molar-refractivity contribution in [2.45, 2.75) is 6.18 Å². The first-order valence-electron chi connectivity index (χ1n) is 6.16. The van der Waals surface area contributed by atoms with Gasteiger partial charge in [-0.25, -0.2) is 0 Å². The van der Waals surface area contributed by atoms with Gasteiger partial charge in [0.15, 0.2) is 5.75 Å². The molecule has 2 aromatic carbocycles. The molecule has 108 valence electrons. The van der Waals surface area contributed by atoms with Crippen molar-refractivity contribution >= 4 is 16.6 Å². The molecule has 0 spiro atoms. The number of anilines is 1. The molecular weight excluding hydrogens is 281 g/mol. The van der Waals surface area contributed by atoms with Crippen molar-refractivity contribution < 1.29 is 17.9 Å². The Bertz CT molecular complexity index is 793. The summed E-state index contributed by atoms with van der Waals surface area (Å²) in [5, 5.41) is 0.355. The number of nitrogen functional groups attached to an aromatic ring is 1. The van der Waals surface area contributed by atoms with E-state index in [1.165, 1.54) is 12.3 Å². The van der Waals surface area contributed by atoms with E-state index >= 15 is 0 Å². The lowest BCUT2D eigenvalue weighted by atomic mass is 10.1.